The number of methoxy groups -OCH3 is 1. The molecule has 2 fully saturated rings. The van der Waals surface area contributed by atoms with Crippen molar-refractivity contribution in [3.05, 3.63) is 77.2 Å². The minimum atomic E-state index is -1.17. The number of hydrogen-bond acceptors (Lipinski definition) is 9. The zero-order valence-electron chi connectivity index (χ0n) is 26.7. The van der Waals surface area contributed by atoms with E-state index in [0.29, 0.717) is 25.3 Å². The molecule has 0 radical (unpaired) electrons. The number of nitroso groups, excluding NO2 is 1. The fraction of sp³-hybridized carbons (Fsp3) is 0.471. The molecule has 47 heavy (non-hydrogen) atoms. The number of likely N-dealkylation sites (tertiary alicyclic amines) is 1. The maximum atomic E-state index is 14.3. The van der Waals surface area contributed by atoms with E-state index >= 15 is 0 Å². The highest BCUT2D eigenvalue weighted by Gasteiger charge is 2.62. The summed E-state index contributed by atoms with van der Waals surface area (Å²) in [6.07, 6.45) is 4.98. The number of allylic oxidation sites excluding steroid dienone is 1. The Bertz CT molecular complexity index is 1440. The molecule has 0 unspecified atom stereocenters. The van der Waals surface area contributed by atoms with Gasteiger partial charge in [0.15, 0.2) is 5.54 Å². The Labute approximate surface area is 288 Å². The lowest BCUT2D eigenvalue weighted by Crippen LogP contribution is -2.55. The lowest BCUT2D eigenvalue weighted by molar-refractivity contribution is -0.149. The first-order chi connectivity index (χ1) is 22.6. The standard InChI is InChI=1S/C34H41IN4O8/c1-4-6-7-8-9-18-38(21-23-10-16-26(45-3)17-11-23)33(43)39-22-27(47-31(41)24-12-14-25(37-44)15-13-24)19-28(39)30(40)36-34(20-29(34)35)32(42)46-5-2/h4,10-17,27-29H,1,5-9,18-22H2,2-3H3,(H,36,40)/t27-,28+,29-,34-/m1/s1. The zero-order chi connectivity index (χ0) is 34.0. The third-order valence-corrected chi connectivity index (χ3v) is 9.80. The summed E-state index contributed by atoms with van der Waals surface area (Å²) >= 11 is 2.11. The quantitative estimate of drug-likeness (QED) is 0.0575. The molecule has 1 aliphatic heterocycles. The predicted molar refractivity (Wildman–Crippen MR) is 184 cm³/mol. The van der Waals surface area contributed by atoms with Crippen LogP contribution < -0.4 is 10.1 Å². The van der Waals surface area contributed by atoms with Crippen LogP contribution in [0, 0.1) is 4.91 Å². The molecule has 2 aliphatic rings. The predicted octanol–water partition coefficient (Wildman–Crippen LogP) is 5.69. The van der Waals surface area contributed by atoms with Gasteiger partial charge in [0.1, 0.15) is 23.6 Å². The topological polar surface area (TPSA) is 144 Å². The molecule has 1 saturated carbocycles. The van der Waals surface area contributed by atoms with Gasteiger partial charge < -0.3 is 29.3 Å². The van der Waals surface area contributed by atoms with Crippen LogP contribution in [0.2, 0.25) is 0 Å². The minimum absolute atomic E-state index is 0.0215. The number of amides is 3. The van der Waals surface area contributed by atoms with Gasteiger partial charge in [-0.2, -0.15) is 0 Å². The van der Waals surface area contributed by atoms with E-state index in [1.807, 2.05) is 30.3 Å². The average molecular weight is 761 g/mol. The number of ether oxygens (including phenoxy) is 3. The Morgan fingerprint density at radius 1 is 1.11 bits per heavy atom. The van der Waals surface area contributed by atoms with Crippen LogP contribution in [-0.2, 0) is 25.6 Å². The molecular weight excluding hydrogens is 719 g/mol. The van der Waals surface area contributed by atoms with E-state index < -0.39 is 35.5 Å². The van der Waals surface area contributed by atoms with Crippen molar-refractivity contribution in [1.29, 1.82) is 0 Å². The van der Waals surface area contributed by atoms with E-state index in [2.05, 4.69) is 39.7 Å². The molecule has 0 aromatic heterocycles. The highest BCUT2D eigenvalue weighted by atomic mass is 127. The lowest BCUT2D eigenvalue weighted by atomic mass is 10.1. The average Bonchev–Trinajstić information content (AvgIpc) is 3.54. The number of alkyl halides is 1. The second-order valence-electron chi connectivity index (χ2n) is 11.6. The monoisotopic (exact) mass is 760 g/mol. The van der Waals surface area contributed by atoms with Crippen molar-refractivity contribution in [2.75, 3.05) is 26.8 Å². The van der Waals surface area contributed by atoms with Crippen molar-refractivity contribution >= 4 is 52.2 Å². The number of hydrogen-bond donors (Lipinski definition) is 1. The number of carbonyl (C=O) groups is 4. The van der Waals surface area contributed by atoms with Crippen molar-refractivity contribution in [1.82, 2.24) is 15.1 Å². The summed E-state index contributed by atoms with van der Waals surface area (Å²) in [5.41, 5.74) is 0.0884. The molecular formula is C34H41IN4O8. The summed E-state index contributed by atoms with van der Waals surface area (Å²) in [7, 11) is 1.58. The molecule has 0 spiro atoms. The summed E-state index contributed by atoms with van der Waals surface area (Å²) in [5, 5.41) is 5.73. The van der Waals surface area contributed by atoms with Gasteiger partial charge in [-0.3, -0.25) is 4.79 Å². The number of carbonyl (C=O) groups excluding carboxylic acids is 4. The smallest absolute Gasteiger partial charge is 0.338 e. The maximum Gasteiger partial charge on any atom is 0.338 e. The first-order valence-corrected chi connectivity index (χ1v) is 17.0. The van der Waals surface area contributed by atoms with Crippen LogP contribution >= 0.6 is 22.6 Å². The van der Waals surface area contributed by atoms with Crippen molar-refractivity contribution in [2.24, 2.45) is 5.18 Å². The van der Waals surface area contributed by atoms with Gasteiger partial charge in [0, 0.05) is 23.4 Å². The number of unbranched alkanes of at least 4 members (excludes halogenated alkanes) is 3. The van der Waals surface area contributed by atoms with Crippen LogP contribution in [0.25, 0.3) is 0 Å². The SMILES string of the molecule is C=CCCCCCN(Cc1ccc(OC)cc1)C(=O)N1C[C@H](OC(=O)c2ccc(N=O)cc2)C[C@H]1C(=O)N[C@]1(C(=O)OCC)C[C@H]1I. The van der Waals surface area contributed by atoms with E-state index in [0.717, 1.165) is 31.2 Å². The summed E-state index contributed by atoms with van der Waals surface area (Å²) in [6, 6.07) is 11.7. The van der Waals surface area contributed by atoms with E-state index in [4.69, 9.17) is 14.2 Å². The third-order valence-electron chi connectivity index (χ3n) is 8.29. The first kappa shape index (κ1) is 35.8. The lowest BCUT2D eigenvalue weighted by Gasteiger charge is -2.32. The Morgan fingerprint density at radius 3 is 2.40 bits per heavy atom. The van der Waals surface area contributed by atoms with Gasteiger partial charge in [-0.1, -0.05) is 47.2 Å². The normalized spacial score (nSPS) is 21.3. The molecule has 12 nitrogen and oxygen atoms in total. The summed E-state index contributed by atoms with van der Waals surface area (Å²) in [4.78, 5) is 68.0. The number of esters is 2. The molecule has 1 saturated heterocycles. The van der Waals surface area contributed by atoms with Gasteiger partial charge >= 0.3 is 18.0 Å². The molecule has 2 aromatic carbocycles. The molecule has 1 heterocycles. The van der Waals surface area contributed by atoms with Crippen LogP contribution in [0.4, 0.5) is 10.5 Å². The van der Waals surface area contributed by atoms with Crippen molar-refractivity contribution in [2.45, 2.75) is 73.6 Å². The van der Waals surface area contributed by atoms with E-state index in [1.165, 1.54) is 29.2 Å². The van der Waals surface area contributed by atoms with E-state index in [-0.39, 0.29) is 40.8 Å². The summed E-state index contributed by atoms with van der Waals surface area (Å²) in [6.45, 7) is 6.36. The van der Waals surface area contributed by atoms with Gasteiger partial charge in [0.05, 0.1) is 25.8 Å². The van der Waals surface area contributed by atoms with Crippen molar-refractivity contribution < 1.29 is 33.4 Å². The number of halogens is 1. The zero-order valence-corrected chi connectivity index (χ0v) is 28.8. The molecule has 4 rings (SSSR count). The molecule has 3 amide bonds. The number of nitrogens with one attached hydrogen (secondary N) is 1. The third kappa shape index (κ3) is 9.08. The second kappa shape index (κ2) is 16.7. The Balaban J connectivity index is 1.57. The molecule has 0 bridgehead atoms. The molecule has 2 aromatic rings. The van der Waals surface area contributed by atoms with Crippen LogP contribution in [0.5, 0.6) is 5.75 Å². The Morgan fingerprint density at radius 2 is 1.81 bits per heavy atom. The van der Waals surface area contributed by atoms with Gasteiger partial charge in [0.25, 0.3) is 0 Å². The van der Waals surface area contributed by atoms with Crippen LogP contribution in [0.1, 0.15) is 61.4 Å². The number of rotatable bonds is 16. The van der Waals surface area contributed by atoms with Gasteiger partial charge in [0.2, 0.25) is 5.91 Å². The molecule has 4 atom stereocenters. The molecule has 13 heteroatoms. The highest BCUT2D eigenvalue weighted by Crippen LogP contribution is 2.44. The maximum absolute atomic E-state index is 14.3. The van der Waals surface area contributed by atoms with Crippen LogP contribution in [-0.4, -0.2) is 82.1 Å². The highest BCUT2D eigenvalue weighted by molar-refractivity contribution is 14.1. The van der Waals surface area contributed by atoms with Gasteiger partial charge in [-0.05, 0) is 79.7 Å². The van der Waals surface area contributed by atoms with Gasteiger partial charge in [-0.15, -0.1) is 11.5 Å². The largest absolute Gasteiger partial charge is 0.497 e. The van der Waals surface area contributed by atoms with Crippen molar-refractivity contribution in [3.63, 3.8) is 0 Å². The Kier molecular flexibility index (Phi) is 12.7. The van der Waals surface area contributed by atoms with E-state index in [1.54, 1.807) is 18.9 Å². The van der Waals surface area contributed by atoms with Crippen LogP contribution in [0.15, 0.2) is 66.4 Å². The number of nitrogens with zero attached hydrogens (tertiary/aromatic N) is 3. The number of urea groups is 1. The second-order valence-corrected chi connectivity index (χ2v) is 13.1. The first-order valence-electron chi connectivity index (χ1n) is 15.7. The van der Waals surface area contributed by atoms with Crippen LogP contribution in [0.3, 0.4) is 0 Å². The molecule has 1 aliphatic carbocycles. The fourth-order valence-corrected chi connectivity index (χ4v) is 6.65. The fourth-order valence-electron chi connectivity index (χ4n) is 5.54. The minimum Gasteiger partial charge on any atom is -0.497 e. The summed E-state index contributed by atoms with van der Waals surface area (Å²) < 4.78 is 16.2. The van der Waals surface area contributed by atoms with Crippen molar-refractivity contribution in [3.8, 4) is 5.75 Å². The Hall–Kier alpha value is -4.01. The van der Waals surface area contributed by atoms with E-state index in [9.17, 15) is 24.1 Å². The van der Waals surface area contributed by atoms with Gasteiger partial charge in [-0.25, -0.2) is 14.4 Å². The number of benzene rings is 2. The molecule has 1 N–H and O–H groups in total. The molecule has 252 valence electrons. The summed E-state index contributed by atoms with van der Waals surface area (Å²) in [5.74, 6) is -0.990.